The van der Waals surface area contributed by atoms with Gasteiger partial charge in [0.25, 0.3) is 0 Å². The summed E-state index contributed by atoms with van der Waals surface area (Å²) in [6.07, 6.45) is 2.70. The summed E-state index contributed by atoms with van der Waals surface area (Å²) in [5, 5.41) is 6.58. The van der Waals surface area contributed by atoms with E-state index in [0.29, 0.717) is 6.61 Å². The minimum atomic E-state index is 0. The predicted octanol–water partition coefficient (Wildman–Crippen LogP) is 2.57. The maximum Gasteiger partial charge on any atom is 0.191 e. The molecule has 0 saturated heterocycles. The van der Waals surface area contributed by atoms with Crippen molar-refractivity contribution < 1.29 is 4.74 Å². The molecule has 20 heavy (non-hydrogen) atoms. The van der Waals surface area contributed by atoms with Crippen molar-refractivity contribution in [2.75, 3.05) is 26.7 Å². The summed E-state index contributed by atoms with van der Waals surface area (Å²) in [4.78, 5) is 4.19. The van der Waals surface area contributed by atoms with Gasteiger partial charge in [-0.2, -0.15) is 0 Å². The van der Waals surface area contributed by atoms with Crippen LogP contribution in [0.15, 0.2) is 29.3 Å². The molecular formula is C15H24IN3O. The Morgan fingerprint density at radius 3 is 2.70 bits per heavy atom. The third-order valence-corrected chi connectivity index (χ3v) is 3.22. The van der Waals surface area contributed by atoms with Crippen LogP contribution in [0.2, 0.25) is 0 Å². The quantitative estimate of drug-likeness (QED) is 0.340. The molecule has 1 fully saturated rings. The Hall–Kier alpha value is -0.980. The van der Waals surface area contributed by atoms with Crippen LogP contribution in [0.5, 0.6) is 5.75 Å². The van der Waals surface area contributed by atoms with Gasteiger partial charge in [0.15, 0.2) is 5.96 Å². The number of aryl methyl sites for hydroxylation is 1. The SMILES string of the molecule is CN=C(NCCOc1ccccc1C)NCC1CC1.I. The molecule has 112 valence electrons. The second kappa shape index (κ2) is 9.05. The Kier molecular flexibility index (Phi) is 7.72. The molecule has 0 atom stereocenters. The van der Waals surface area contributed by atoms with Gasteiger partial charge in [-0.25, -0.2) is 0 Å². The highest BCUT2D eigenvalue weighted by molar-refractivity contribution is 14.0. The van der Waals surface area contributed by atoms with Gasteiger partial charge in [0.1, 0.15) is 12.4 Å². The molecule has 2 N–H and O–H groups in total. The number of halogens is 1. The van der Waals surface area contributed by atoms with Crippen molar-refractivity contribution >= 4 is 29.9 Å². The largest absolute Gasteiger partial charge is 0.491 e. The summed E-state index contributed by atoms with van der Waals surface area (Å²) in [5.74, 6) is 2.66. The highest BCUT2D eigenvalue weighted by Gasteiger charge is 2.20. The Labute approximate surface area is 138 Å². The van der Waals surface area contributed by atoms with E-state index in [4.69, 9.17) is 4.74 Å². The number of nitrogens with zero attached hydrogens (tertiary/aromatic N) is 1. The second-order valence-corrected chi connectivity index (χ2v) is 4.94. The monoisotopic (exact) mass is 389 g/mol. The molecule has 0 radical (unpaired) electrons. The summed E-state index contributed by atoms with van der Waals surface area (Å²) in [7, 11) is 1.80. The molecule has 5 heteroatoms. The van der Waals surface area contributed by atoms with Crippen LogP contribution in [0.1, 0.15) is 18.4 Å². The van der Waals surface area contributed by atoms with E-state index in [0.717, 1.165) is 30.7 Å². The molecule has 1 aromatic rings. The van der Waals surface area contributed by atoms with E-state index in [-0.39, 0.29) is 24.0 Å². The number of hydrogen-bond acceptors (Lipinski definition) is 2. The summed E-state index contributed by atoms with van der Waals surface area (Å²) in [6.45, 7) is 4.46. The third kappa shape index (κ3) is 5.98. The first-order chi connectivity index (χ1) is 9.29. The smallest absolute Gasteiger partial charge is 0.191 e. The topological polar surface area (TPSA) is 45.7 Å². The zero-order chi connectivity index (χ0) is 13.5. The normalized spacial score (nSPS) is 14.4. The van der Waals surface area contributed by atoms with Crippen LogP contribution in [-0.4, -0.2) is 32.7 Å². The van der Waals surface area contributed by atoms with Gasteiger partial charge in [-0.05, 0) is 37.3 Å². The van der Waals surface area contributed by atoms with E-state index in [1.165, 1.54) is 18.4 Å². The van der Waals surface area contributed by atoms with E-state index in [1.807, 2.05) is 18.2 Å². The fraction of sp³-hybridized carbons (Fsp3) is 0.533. The van der Waals surface area contributed by atoms with E-state index in [1.54, 1.807) is 7.05 Å². The first kappa shape index (κ1) is 17.1. The van der Waals surface area contributed by atoms with Gasteiger partial charge in [0, 0.05) is 13.6 Å². The average molecular weight is 389 g/mol. The van der Waals surface area contributed by atoms with Gasteiger partial charge in [0.2, 0.25) is 0 Å². The third-order valence-electron chi connectivity index (χ3n) is 3.22. The van der Waals surface area contributed by atoms with Gasteiger partial charge in [-0.15, -0.1) is 24.0 Å². The standard InChI is InChI=1S/C15H23N3O.HI/c1-12-5-3-4-6-14(12)19-10-9-17-15(16-2)18-11-13-7-8-13;/h3-6,13H,7-11H2,1-2H3,(H2,16,17,18);1H. The molecule has 0 spiro atoms. The first-order valence-electron chi connectivity index (χ1n) is 6.92. The van der Waals surface area contributed by atoms with Crippen molar-refractivity contribution in [2.45, 2.75) is 19.8 Å². The van der Waals surface area contributed by atoms with Crippen LogP contribution in [0.25, 0.3) is 0 Å². The molecule has 0 aliphatic heterocycles. The molecule has 0 amide bonds. The van der Waals surface area contributed by atoms with Crippen LogP contribution in [0.3, 0.4) is 0 Å². The molecule has 1 aliphatic rings. The Morgan fingerprint density at radius 1 is 1.30 bits per heavy atom. The highest BCUT2D eigenvalue weighted by Crippen LogP contribution is 2.27. The Bertz CT molecular complexity index is 433. The summed E-state index contributed by atoms with van der Waals surface area (Å²) < 4.78 is 5.72. The van der Waals surface area contributed by atoms with Gasteiger partial charge in [0.05, 0.1) is 6.54 Å². The van der Waals surface area contributed by atoms with Gasteiger partial charge in [-0.1, -0.05) is 18.2 Å². The zero-order valence-electron chi connectivity index (χ0n) is 12.2. The van der Waals surface area contributed by atoms with Gasteiger partial charge in [-0.3, -0.25) is 4.99 Å². The van der Waals surface area contributed by atoms with Crippen LogP contribution >= 0.6 is 24.0 Å². The van der Waals surface area contributed by atoms with Crippen molar-refractivity contribution in [1.82, 2.24) is 10.6 Å². The number of rotatable bonds is 6. The van der Waals surface area contributed by atoms with Crippen LogP contribution < -0.4 is 15.4 Å². The highest BCUT2D eigenvalue weighted by atomic mass is 127. The van der Waals surface area contributed by atoms with Crippen molar-refractivity contribution in [3.63, 3.8) is 0 Å². The van der Waals surface area contributed by atoms with Gasteiger partial charge < -0.3 is 15.4 Å². The number of hydrogen-bond donors (Lipinski definition) is 2. The van der Waals surface area contributed by atoms with Crippen molar-refractivity contribution in [1.29, 1.82) is 0 Å². The molecule has 2 rings (SSSR count). The lowest BCUT2D eigenvalue weighted by molar-refractivity contribution is 0.320. The van der Waals surface area contributed by atoms with Crippen molar-refractivity contribution in [3.05, 3.63) is 29.8 Å². The number of guanidine groups is 1. The summed E-state index contributed by atoms with van der Waals surface area (Å²) in [6, 6.07) is 8.06. The molecular weight excluding hydrogens is 365 g/mol. The molecule has 1 saturated carbocycles. The second-order valence-electron chi connectivity index (χ2n) is 4.94. The fourth-order valence-corrected chi connectivity index (χ4v) is 1.83. The molecule has 0 bridgehead atoms. The van der Waals surface area contributed by atoms with E-state index in [2.05, 4.69) is 28.6 Å². The van der Waals surface area contributed by atoms with E-state index in [9.17, 15) is 0 Å². The fourth-order valence-electron chi connectivity index (χ4n) is 1.83. The van der Waals surface area contributed by atoms with Crippen LogP contribution in [-0.2, 0) is 0 Å². The molecule has 0 aromatic heterocycles. The Morgan fingerprint density at radius 2 is 2.05 bits per heavy atom. The summed E-state index contributed by atoms with van der Waals surface area (Å²) in [5.41, 5.74) is 1.17. The molecule has 1 aromatic carbocycles. The maximum absolute atomic E-state index is 5.72. The first-order valence-corrected chi connectivity index (χ1v) is 6.92. The summed E-state index contributed by atoms with van der Waals surface area (Å²) >= 11 is 0. The molecule has 1 aliphatic carbocycles. The lowest BCUT2D eigenvalue weighted by atomic mass is 10.2. The molecule has 0 heterocycles. The van der Waals surface area contributed by atoms with Crippen molar-refractivity contribution in [2.24, 2.45) is 10.9 Å². The predicted molar refractivity (Wildman–Crippen MR) is 94.2 cm³/mol. The molecule has 0 unspecified atom stereocenters. The minimum Gasteiger partial charge on any atom is -0.491 e. The van der Waals surface area contributed by atoms with Crippen LogP contribution in [0, 0.1) is 12.8 Å². The van der Waals surface area contributed by atoms with Crippen molar-refractivity contribution in [3.8, 4) is 5.75 Å². The van der Waals surface area contributed by atoms with E-state index < -0.39 is 0 Å². The van der Waals surface area contributed by atoms with Gasteiger partial charge >= 0.3 is 0 Å². The Balaban J connectivity index is 0.00000200. The number of nitrogens with one attached hydrogen (secondary N) is 2. The average Bonchev–Trinajstić information content (AvgIpc) is 3.24. The number of aliphatic imine (C=N–C) groups is 1. The van der Waals surface area contributed by atoms with E-state index >= 15 is 0 Å². The lowest BCUT2D eigenvalue weighted by Crippen LogP contribution is -2.40. The lowest BCUT2D eigenvalue weighted by Gasteiger charge is -2.13. The number of ether oxygens (including phenoxy) is 1. The number of benzene rings is 1. The maximum atomic E-state index is 5.72. The zero-order valence-corrected chi connectivity index (χ0v) is 14.5. The minimum absolute atomic E-state index is 0. The molecule has 4 nitrogen and oxygen atoms in total. The van der Waals surface area contributed by atoms with Crippen LogP contribution in [0.4, 0.5) is 0 Å². The number of para-hydroxylation sites is 1.